The average Bonchev–Trinajstić information content (AvgIpc) is 2.35. The number of hydrogen-bond donors (Lipinski definition) is 2. The van der Waals surface area contributed by atoms with Gasteiger partial charge in [-0.05, 0) is 37.1 Å². The molecule has 0 spiro atoms. The molecule has 1 aromatic heterocycles. The standard InChI is InChI=1S/C10H11NO/c1-6-3-9-8(4-10(6)12)7(2)5-11-9/h3-5,11-12H,1-2H3. The Labute approximate surface area is 70.8 Å². The van der Waals surface area contributed by atoms with E-state index in [0.29, 0.717) is 5.75 Å². The first-order chi connectivity index (χ1) is 5.68. The van der Waals surface area contributed by atoms with Gasteiger partial charge in [-0.25, -0.2) is 0 Å². The number of rotatable bonds is 0. The molecule has 0 saturated heterocycles. The first-order valence-electron chi connectivity index (χ1n) is 3.96. The van der Waals surface area contributed by atoms with Crippen molar-refractivity contribution in [2.45, 2.75) is 13.8 Å². The molecule has 62 valence electrons. The molecular weight excluding hydrogens is 150 g/mol. The van der Waals surface area contributed by atoms with Crippen LogP contribution in [0.1, 0.15) is 11.1 Å². The second kappa shape index (κ2) is 2.27. The maximum absolute atomic E-state index is 9.45. The lowest BCUT2D eigenvalue weighted by atomic mass is 10.1. The maximum atomic E-state index is 9.45. The Morgan fingerprint density at radius 2 is 1.92 bits per heavy atom. The molecule has 0 unspecified atom stereocenters. The number of aryl methyl sites for hydroxylation is 2. The SMILES string of the molecule is Cc1cc2[nH]cc(C)c2cc1O. The van der Waals surface area contributed by atoms with Crippen LogP contribution in [-0.2, 0) is 0 Å². The fourth-order valence-corrected chi connectivity index (χ4v) is 1.41. The lowest BCUT2D eigenvalue weighted by Gasteiger charge is -1.98. The van der Waals surface area contributed by atoms with Gasteiger partial charge < -0.3 is 10.1 Å². The summed E-state index contributed by atoms with van der Waals surface area (Å²) in [7, 11) is 0. The third-order valence-electron chi connectivity index (χ3n) is 2.21. The van der Waals surface area contributed by atoms with Gasteiger partial charge in [-0.2, -0.15) is 0 Å². The Balaban J connectivity index is 2.87. The van der Waals surface area contributed by atoms with Crippen LogP contribution in [0.3, 0.4) is 0 Å². The van der Waals surface area contributed by atoms with Gasteiger partial charge in [0.2, 0.25) is 0 Å². The van der Waals surface area contributed by atoms with Crippen molar-refractivity contribution in [3.05, 3.63) is 29.5 Å². The van der Waals surface area contributed by atoms with E-state index < -0.39 is 0 Å². The first kappa shape index (κ1) is 7.22. The minimum Gasteiger partial charge on any atom is -0.508 e. The summed E-state index contributed by atoms with van der Waals surface area (Å²) >= 11 is 0. The molecule has 1 aromatic carbocycles. The summed E-state index contributed by atoms with van der Waals surface area (Å²) in [4.78, 5) is 3.14. The van der Waals surface area contributed by atoms with E-state index in [1.807, 2.05) is 26.1 Å². The quantitative estimate of drug-likeness (QED) is 0.611. The zero-order chi connectivity index (χ0) is 8.72. The number of H-pyrrole nitrogens is 1. The van der Waals surface area contributed by atoms with Gasteiger partial charge in [0.1, 0.15) is 5.75 Å². The Morgan fingerprint density at radius 3 is 2.67 bits per heavy atom. The van der Waals surface area contributed by atoms with E-state index in [4.69, 9.17) is 0 Å². The van der Waals surface area contributed by atoms with Crippen molar-refractivity contribution in [1.82, 2.24) is 4.98 Å². The lowest BCUT2D eigenvalue weighted by Crippen LogP contribution is -1.75. The van der Waals surface area contributed by atoms with Crippen molar-refractivity contribution in [3.63, 3.8) is 0 Å². The van der Waals surface area contributed by atoms with Crippen LogP contribution >= 0.6 is 0 Å². The highest BCUT2D eigenvalue weighted by molar-refractivity contribution is 5.85. The van der Waals surface area contributed by atoms with Crippen molar-refractivity contribution in [2.75, 3.05) is 0 Å². The number of benzene rings is 1. The Kier molecular flexibility index (Phi) is 1.37. The van der Waals surface area contributed by atoms with Gasteiger partial charge in [0, 0.05) is 17.1 Å². The average molecular weight is 161 g/mol. The van der Waals surface area contributed by atoms with Gasteiger partial charge in [0.05, 0.1) is 0 Å². The molecule has 0 atom stereocenters. The Hall–Kier alpha value is -1.44. The minimum absolute atomic E-state index is 0.366. The monoisotopic (exact) mass is 161 g/mol. The Bertz CT molecular complexity index is 429. The van der Waals surface area contributed by atoms with Crippen LogP contribution in [0.4, 0.5) is 0 Å². The molecule has 0 bridgehead atoms. The smallest absolute Gasteiger partial charge is 0.119 e. The zero-order valence-electron chi connectivity index (χ0n) is 7.18. The molecule has 0 saturated carbocycles. The van der Waals surface area contributed by atoms with E-state index in [1.165, 1.54) is 5.56 Å². The van der Waals surface area contributed by atoms with E-state index in [0.717, 1.165) is 16.5 Å². The number of nitrogens with one attached hydrogen (secondary N) is 1. The highest BCUT2D eigenvalue weighted by atomic mass is 16.3. The molecule has 0 aliphatic heterocycles. The third kappa shape index (κ3) is 0.881. The molecule has 2 heteroatoms. The van der Waals surface area contributed by atoms with Crippen molar-refractivity contribution < 1.29 is 5.11 Å². The second-order valence-corrected chi connectivity index (χ2v) is 3.16. The van der Waals surface area contributed by atoms with Gasteiger partial charge in [0.15, 0.2) is 0 Å². The Morgan fingerprint density at radius 1 is 1.17 bits per heavy atom. The summed E-state index contributed by atoms with van der Waals surface area (Å²) in [6.07, 6.45) is 1.95. The number of hydrogen-bond acceptors (Lipinski definition) is 1. The van der Waals surface area contributed by atoms with Crippen LogP contribution in [0.2, 0.25) is 0 Å². The van der Waals surface area contributed by atoms with E-state index in [2.05, 4.69) is 4.98 Å². The van der Waals surface area contributed by atoms with Crippen molar-refractivity contribution in [1.29, 1.82) is 0 Å². The summed E-state index contributed by atoms with van der Waals surface area (Å²) in [6.45, 7) is 3.92. The van der Waals surface area contributed by atoms with Crippen molar-refractivity contribution >= 4 is 10.9 Å². The van der Waals surface area contributed by atoms with Gasteiger partial charge in [-0.3, -0.25) is 0 Å². The van der Waals surface area contributed by atoms with Crippen molar-refractivity contribution in [2.24, 2.45) is 0 Å². The van der Waals surface area contributed by atoms with Gasteiger partial charge >= 0.3 is 0 Å². The van der Waals surface area contributed by atoms with Gasteiger partial charge in [0.25, 0.3) is 0 Å². The summed E-state index contributed by atoms with van der Waals surface area (Å²) in [6, 6.07) is 3.76. The molecule has 2 N–H and O–H groups in total. The summed E-state index contributed by atoms with van der Waals surface area (Å²) in [5.41, 5.74) is 3.16. The summed E-state index contributed by atoms with van der Waals surface area (Å²) in [5.74, 6) is 0.366. The number of aromatic amines is 1. The zero-order valence-corrected chi connectivity index (χ0v) is 7.18. The van der Waals surface area contributed by atoms with Gasteiger partial charge in [-0.1, -0.05) is 0 Å². The molecule has 2 aromatic rings. The summed E-state index contributed by atoms with van der Waals surface area (Å²) in [5, 5.41) is 10.5. The van der Waals surface area contributed by atoms with E-state index in [9.17, 15) is 5.11 Å². The highest BCUT2D eigenvalue weighted by Gasteiger charge is 2.02. The molecule has 0 amide bonds. The first-order valence-corrected chi connectivity index (χ1v) is 3.96. The molecule has 2 rings (SSSR count). The van der Waals surface area contributed by atoms with E-state index in [1.54, 1.807) is 6.07 Å². The predicted molar refractivity (Wildman–Crippen MR) is 49.4 cm³/mol. The number of phenolic OH excluding ortho intramolecular Hbond substituents is 1. The third-order valence-corrected chi connectivity index (χ3v) is 2.21. The minimum atomic E-state index is 0.366. The predicted octanol–water partition coefficient (Wildman–Crippen LogP) is 2.49. The second-order valence-electron chi connectivity index (χ2n) is 3.16. The van der Waals surface area contributed by atoms with Crippen LogP contribution in [0.25, 0.3) is 10.9 Å². The van der Waals surface area contributed by atoms with Crippen molar-refractivity contribution in [3.8, 4) is 5.75 Å². The van der Waals surface area contributed by atoms with Crippen LogP contribution in [-0.4, -0.2) is 10.1 Å². The summed E-state index contributed by atoms with van der Waals surface area (Å²) < 4.78 is 0. The molecule has 2 nitrogen and oxygen atoms in total. The molecule has 1 heterocycles. The van der Waals surface area contributed by atoms with Crippen LogP contribution < -0.4 is 0 Å². The molecule has 0 fully saturated rings. The van der Waals surface area contributed by atoms with Gasteiger partial charge in [-0.15, -0.1) is 0 Å². The largest absolute Gasteiger partial charge is 0.508 e. The maximum Gasteiger partial charge on any atom is 0.119 e. The number of phenols is 1. The fraction of sp³-hybridized carbons (Fsp3) is 0.200. The molecule has 0 aliphatic carbocycles. The van der Waals surface area contributed by atoms with Crippen LogP contribution in [0.5, 0.6) is 5.75 Å². The van der Waals surface area contributed by atoms with E-state index >= 15 is 0 Å². The van der Waals surface area contributed by atoms with Crippen LogP contribution in [0.15, 0.2) is 18.3 Å². The highest BCUT2D eigenvalue weighted by Crippen LogP contribution is 2.25. The molecule has 0 aliphatic rings. The topological polar surface area (TPSA) is 36.0 Å². The number of aromatic nitrogens is 1. The normalized spacial score (nSPS) is 10.8. The fourth-order valence-electron chi connectivity index (χ4n) is 1.41. The molecule has 0 radical (unpaired) electrons. The van der Waals surface area contributed by atoms with Crippen LogP contribution in [0, 0.1) is 13.8 Å². The molecular formula is C10H11NO. The van der Waals surface area contributed by atoms with E-state index in [-0.39, 0.29) is 0 Å². The number of aromatic hydroxyl groups is 1. The number of fused-ring (bicyclic) bond motifs is 1. The lowest BCUT2D eigenvalue weighted by molar-refractivity contribution is 0.472. The molecule has 12 heavy (non-hydrogen) atoms.